The van der Waals surface area contributed by atoms with Crippen LogP contribution in [0.15, 0.2) is 0 Å². The van der Waals surface area contributed by atoms with Crippen molar-refractivity contribution >= 4 is 17.8 Å². The first kappa shape index (κ1) is 16.4. The van der Waals surface area contributed by atoms with E-state index in [9.17, 15) is 14.4 Å². The molecular weight excluding hydrogens is 264 g/mol. The molecule has 0 aromatic rings. The maximum atomic E-state index is 12.3. The van der Waals surface area contributed by atoms with E-state index in [0.29, 0.717) is 0 Å². The lowest BCUT2D eigenvalue weighted by atomic mass is 10.2. The van der Waals surface area contributed by atoms with Crippen molar-refractivity contribution in [3.63, 3.8) is 0 Å². The lowest BCUT2D eigenvalue weighted by Gasteiger charge is -2.29. The van der Waals surface area contributed by atoms with Gasteiger partial charge in [-0.3, -0.25) is 19.3 Å². The Hall–Kier alpha value is -1.63. The molecule has 1 rings (SSSR count). The minimum atomic E-state index is -0.564. The molecule has 1 saturated heterocycles. The van der Waals surface area contributed by atoms with Crippen molar-refractivity contribution in [1.82, 2.24) is 9.80 Å². The molecule has 1 aliphatic rings. The highest BCUT2D eigenvalue weighted by Crippen LogP contribution is 2.12. The highest BCUT2D eigenvalue weighted by Gasteiger charge is 2.30. The van der Waals surface area contributed by atoms with Gasteiger partial charge in [0.25, 0.3) is 0 Å². The molecule has 0 bridgehead atoms. The molecular formula is C13H22N2O5. The van der Waals surface area contributed by atoms with Crippen molar-refractivity contribution in [3.05, 3.63) is 0 Å². The van der Waals surface area contributed by atoms with Gasteiger partial charge in [-0.25, -0.2) is 0 Å². The lowest BCUT2D eigenvalue weighted by molar-refractivity contribution is -0.148. The van der Waals surface area contributed by atoms with Crippen LogP contribution in [0.5, 0.6) is 0 Å². The number of carbonyl (C=O) groups is 3. The molecule has 1 unspecified atom stereocenters. The van der Waals surface area contributed by atoms with Gasteiger partial charge in [0.15, 0.2) is 0 Å². The molecule has 7 nitrogen and oxygen atoms in total. The Balaban J connectivity index is 2.70. The first-order valence-corrected chi connectivity index (χ1v) is 6.66. The molecule has 0 aromatic carbocycles. The first-order chi connectivity index (χ1) is 9.49. The average molecular weight is 286 g/mol. The van der Waals surface area contributed by atoms with Crippen LogP contribution in [0.25, 0.3) is 0 Å². The summed E-state index contributed by atoms with van der Waals surface area (Å²) in [5.41, 5.74) is 0. The van der Waals surface area contributed by atoms with E-state index in [2.05, 4.69) is 9.47 Å². The van der Waals surface area contributed by atoms with E-state index in [1.165, 1.54) is 19.1 Å². The number of rotatable bonds is 6. The van der Waals surface area contributed by atoms with Crippen LogP contribution >= 0.6 is 0 Å². The Kier molecular flexibility index (Phi) is 6.44. The zero-order valence-corrected chi connectivity index (χ0v) is 12.3. The van der Waals surface area contributed by atoms with Crippen molar-refractivity contribution < 1.29 is 23.9 Å². The van der Waals surface area contributed by atoms with Crippen LogP contribution in [-0.4, -0.2) is 74.1 Å². The minimum Gasteiger partial charge on any atom is -0.468 e. The van der Waals surface area contributed by atoms with Crippen LogP contribution in [0.3, 0.4) is 0 Å². The van der Waals surface area contributed by atoms with Gasteiger partial charge >= 0.3 is 11.9 Å². The van der Waals surface area contributed by atoms with Crippen molar-refractivity contribution in [2.24, 2.45) is 0 Å². The molecule has 7 heteroatoms. The SMILES string of the molecule is COC(=O)CN(CC(=O)OC)C(C)C(=O)N1CCCC1. The monoisotopic (exact) mass is 286 g/mol. The Labute approximate surface area is 118 Å². The maximum absolute atomic E-state index is 12.3. The van der Waals surface area contributed by atoms with E-state index in [1.807, 2.05) is 0 Å². The maximum Gasteiger partial charge on any atom is 0.319 e. The van der Waals surface area contributed by atoms with Gasteiger partial charge in [0.2, 0.25) is 5.91 Å². The van der Waals surface area contributed by atoms with E-state index in [1.54, 1.807) is 11.8 Å². The van der Waals surface area contributed by atoms with Crippen molar-refractivity contribution in [2.75, 3.05) is 40.4 Å². The summed E-state index contributed by atoms with van der Waals surface area (Å²) < 4.78 is 9.19. The molecule has 0 aromatic heterocycles. The first-order valence-electron chi connectivity index (χ1n) is 6.66. The van der Waals surface area contributed by atoms with E-state index >= 15 is 0 Å². The second-order valence-electron chi connectivity index (χ2n) is 4.77. The number of hydrogen-bond acceptors (Lipinski definition) is 6. The summed E-state index contributed by atoms with van der Waals surface area (Å²) in [4.78, 5) is 38.3. The van der Waals surface area contributed by atoms with E-state index in [-0.39, 0.29) is 19.0 Å². The number of nitrogens with zero attached hydrogens (tertiary/aromatic N) is 2. The quantitative estimate of drug-likeness (QED) is 0.621. The zero-order valence-electron chi connectivity index (χ0n) is 12.3. The molecule has 114 valence electrons. The van der Waals surface area contributed by atoms with Crippen LogP contribution in [0, 0.1) is 0 Å². The third-order valence-electron chi connectivity index (χ3n) is 3.44. The van der Waals surface area contributed by atoms with Crippen LogP contribution < -0.4 is 0 Å². The molecule has 0 saturated carbocycles. The summed E-state index contributed by atoms with van der Waals surface area (Å²) in [6.45, 7) is 2.91. The molecule has 1 heterocycles. The van der Waals surface area contributed by atoms with Gasteiger partial charge < -0.3 is 14.4 Å². The van der Waals surface area contributed by atoms with Gasteiger partial charge in [-0.1, -0.05) is 0 Å². The second kappa shape index (κ2) is 7.84. The van der Waals surface area contributed by atoms with Gasteiger partial charge in [-0.2, -0.15) is 0 Å². The molecule has 1 aliphatic heterocycles. The van der Waals surface area contributed by atoms with Crippen LogP contribution in [0.4, 0.5) is 0 Å². The lowest BCUT2D eigenvalue weighted by Crippen LogP contribution is -2.50. The fourth-order valence-electron chi connectivity index (χ4n) is 2.15. The number of hydrogen-bond donors (Lipinski definition) is 0. The molecule has 0 N–H and O–H groups in total. The fraction of sp³-hybridized carbons (Fsp3) is 0.769. The number of ether oxygens (including phenoxy) is 2. The van der Waals surface area contributed by atoms with Crippen molar-refractivity contribution in [1.29, 1.82) is 0 Å². The third-order valence-corrected chi connectivity index (χ3v) is 3.44. The molecule has 1 atom stereocenters. The average Bonchev–Trinajstić information content (AvgIpc) is 2.98. The van der Waals surface area contributed by atoms with E-state index in [0.717, 1.165) is 25.9 Å². The van der Waals surface area contributed by atoms with Gasteiger partial charge in [-0.15, -0.1) is 0 Å². The summed E-state index contributed by atoms with van der Waals surface area (Å²) in [7, 11) is 2.54. The van der Waals surface area contributed by atoms with E-state index in [4.69, 9.17) is 0 Å². The molecule has 0 radical (unpaired) electrons. The van der Waals surface area contributed by atoms with Crippen LogP contribution in [0.1, 0.15) is 19.8 Å². The molecule has 20 heavy (non-hydrogen) atoms. The fourth-order valence-corrected chi connectivity index (χ4v) is 2.15. The molecule has 1 fully saturated rings. The summed E-state index contributed by atoms with van der Waals surface area (Å²) in [6.07, 6.45) is 1.99. The Morgan fingerprint density at radius 3 is 1.90 bits per heavy atom. The number of esters is 2. The number of methoxy groups -OCH3 is 2. The highest BCUT2D eigenvalue weighted by molar-refractivity contribution is 5.84. The minimum absolute atomic E-state index is 0.0738. The predicted molar refractivity (Wildman–Crippen MR) is 70.9 cm³/mol. The predicted octanol–water partition coefficient (Wildman–Crippen LogP) is -0.355. The number of carbonyl (C=O) groups excluding carboxylic acids is 3. The molecule has 0 aliphatic carbocycles. The Bertz CT molecular complexity index is 348. The molecule has 0 spiro atoms. The molecule has 1 amide bonds. The number of amides is 1. The zero-order chi connectivity index (χ0) is 15.1. The van der Waals surface area contributed by atoms with E-state index < -0.39 is 18.0 Å². The number of likely N-dealkylation sites (tertiary alicyclic amines) is 1. The topological polar surface area (TPSA) is 76.1 Å². The summed E-state index contributed by atoms with van der Waals surface area (Å²) in [6, 6.07) is -0.564. The van der Waals surface area contributed by atoms with Gasteiger partial charge in [-0.05, 0) is 19.8 Å². The normalized spacial score (nSPS) is 16.1. The standard InChI is InChI=1S/C13H22N2O5/c1-10(13(18)14-6-4-5-7-14)15(8-11(16)19-2)9-12(17)20-3/h10H,4-9H2,1-3H3. The van der Waals surface area contributed by atoms with Gasteiger partial charge in [0.05, 0.1) is 33.4 Å². The van der Waals surface area contributed by atoms with Crippen molar-refractivity contribution in [2.45, 2.75) is 25.8 Å². The summed E-state index contributed by atoms with van der Waals surface area (Å²) >= 11 is 0. The Morgan fingerprint density at radius 1 is 1.05 bits per heavy atom. The Morgan fingerprint density at radius 2 is 1.50 bits per heavy atom. The summed E-state index contributed by atoms with van der Waals surface area (Å²) in [5, 5.41) is 0. The van der Waals surface area contributed by atoms with Crippen LogP contribution in [-0.2, 0) is 23.9 Å². The largest absolute Gasteiger partial charge is 0.468 e. The second-order valence-corrected chi connectivity index (χ2v) is 4.77. The van der Waals surface area contributed by atoms with Crippen molar-refractivity contribution in [3.8, 4) is 0 Å². The highest BCUT2D eigenvalue weighted by atomic mass is 16.5. The summed E-state index contributed by atoms with van der Waals surface area (Å²) in [5.74, 6) is -1.06. The van der Waals surface area contributed by atoms with Crippen LogP contribution in [0.2, 0.25) is 0 Å². The smallest absolute Gasteiger partial charge is 0.319 e. The van der Waals surface area contributed by atoms with Gasteiger partial charge in [0, 0.05) is 13.1 Å². The van der Waals surface area contributed by atoms with Gasteiger partial charge in [0.1, 0.15) is 0 Å². The third kappa shape index (κ3) is 4.48.